The van der Waals surface area contributed by atoms with Crippen LogP contribution in [-0.2, 0) is 0 Å². The van der Waals surface area contributed by atoms with Gasteiger partial charge in [-0.3, -0.25) is 0 Å². The maximum Gasteiger partial charge on any atom is 0.00637 e. The van der Waals surface area contributed by atoms with Crippen LogP contribution in [-0.4, -0.2) is 25.5 Å². The summed E-state index contributed by atoms with van der Waals surface area (Å²) >= 11 is 0. The van der Waals surface area contributed by atoms with Crippen molar-refractivity contribution in [1.29, 1.82) is 0 Å². The first-order chi connectivity index (χ1) is 4.36. The smallest absolute Gasteiger partial charge is 0.00637 e. The third-order valence-electron chi connectivity index (χ3n) is 1.87. The minimum Gasteiger partial charge on any atom is -0.309 e. The van der Waals surface area contributed by atoms with Gasteiger partial charge in [0.25, 0.3) is 0 Å². The molecular formula is C9H19N. The Morgan fingerprint density at radius 1 is 1.40 bits per heavy atom. The minimum absolute atomic E-state index is 0.253. The summed E-state index contributed by atoms with van der Waals surface area (Å²) in [6.45, 7) is 11.5. The largest absolute Gasteiger partial charge is 0.309 e. The molecular weight excluding hydrogens is 122 g/mol. The third kappa shape index (κ3) is 3.02. The zero-order valence-corrected chi connectivity index (χ0v) is 7.86. The van der Waals surface area contributed by atoms with Crippen molar-refractivity contribution in [3.8, 4) is 0 Å². The molecule has 60 valence electrons. The number of hydrogen-bond donors (Lipinski definition) is 0. The number of hydrogen-bond acceptors (Lipinski definition) is 1. The van der Waals surface area contributed by atoms with Crippen LogP contribution in [0.4, 0.5) is 0 Å². The minimum atomic E-state index is 0.253. The summed E-state index contributed by atoms with van der Waals surface area (Å²) in [5.74, 6) is 0. The molecule has 0 aromatic heterocycles. The van der Waals surface area contributed by atoms with Gasteiger partial charge in [-0.25, -0.2) is 0 Å². The Morgan fingerprint density at radius 2 is 1.80 bits per heavy atom. The average Bonchev–Trinajstić information content (AvgIpc) is 1.60. The van der Waals surface area contributed by atoms with Crippen LogP contribution < -0.4 is 0 Å². The Balaban J connectivity index is 4.00. The molecule has 1 nitrogen and oxygen atoms in total. The van der Waals surface area contributed by atoms with Crippen LogP contribution in [0.1, 0.15) is 20.8 Å². The normalized spacial score (nSPS) is 12.2. The van der Waals surface area contributed by atoms with E-state index in [2.05, 4.69) is 46.3 Å². The first kappa shape index (κ1) is 9.70. The fraction of sp³-hybridized carbons (Fsp3) is 0.778. The van der Waals surface area contributed by atoms with E-state index in [4.69, 9.17) is 0 Å². The topological polar surface area (TPSA) is 3.24 Å². The molecule has 0 rings (SSSR count). The van der Waals surface area contributed by atoms with E-state index >= 15 is 0 Å². The lowest BCUT2D eigenvalue weighted by molar-refractivity contribution is 0.280. The maximum atomic E-state index is 3.95. The Kier molecular flexibility index (Phi) is 3.10. The highest BCUT2D eigenvalue weighted by atomic mass is 15.1. The molecule has 10 heavy (non-hydrogen) atoms. The van der Waals surface area contributed by atoms with Crippen molar-refractivity contribution in [1.82, 2.24) is 4.90 Å². The predicted octanol–water partition coefficient (Wildman–Crippen LogP) is 2.15. The molecule has 0 atom stereocenters. The fourth-order valence-electron chi connectivity index (χ4n) is 0.926. The average molecular weight is 141 g/mol. The van der Waals surface area contributed by atoms with Gasteiger partial charge in [-0.1, -0.05) is 26.0 Å². The van der Waals surface area contributed by atoms with Crippen LogP contribution in [0.15, 0.2) is 12.2 Å². The van der Waals surface area contributed by atoms with Crippen molar-refractivity contribution in [2.24, 2.45) is 5.41 Å². The van der Waals surface area contributed by atoms with E-state index in [1.807, 2.05) is 0 Å². The van der Waals surface area contributed by atoms with Crippen molar-refractivity contribution in [2.45, 2.75) is 20.8 Å². The second-order valence-electron chi connectivity index (χ2n) is 3.90. The Morgan fingerprint density at radius 3 is 1.90 bits per heavy atom. The van der Waals surface area contributed by atoms with Crippen molar-refractivity contribution in [3.63, 3.8) is 0 Å². The van der Waals surface area contributed by atoms with Gasteiger partial charge in [0, 0.05) is 6.54 Å². The van der Waals surface area contributed by atoms with Crippen LogP contribution in [0, 0.1) is 5.41 Å². The van der Waals surface area contributed by atoms with Gasteiger partial charge < -0.3 is 4.90 Å². The fourth-order valence-corrected chi connectivity index (χ4v) is 0.926. The van der Waals surface area contributed by atoms with Gasteiger partial charge in [0.1, 0.15) is 0 Å². The van der Waals surface area contributed by atoms with Crippen molar-refractivity contribution in [2.75, 3.05) is 20.6 Å². The molecule has 0 saturated heterocycles. The highest BCUT2D eigenvalue weighted by Crippen LogP contribution is 2.24. The van der Waals surface area contributed by atoms with E-state index in [0.717, 1.165) is 6.54 Å². The summed E-state index contributed by atoms with van der Waals surface area (Å²) in [5.41, 5.74) is 1.50. The van der Waals surface area contributed by atoms with E-state index in [-0.39, 0.29) is 5.41 Å². The standard InChI is InChI=1S/C9H19N/c1-8(2)9(3,4)7-10(5)6/h1,7H2,2-6H3. The lowest BCUT2D eigenvalue weighted by atomic mass is 9.86. The van der Waals surface area contributed by atoms with Gasteiger partial charge in [0.2, 0.25) is 0 Å². The van der Waals surface area contributed by atoms with E-state index in [1.54, 1.807) is 0 Å². The zero-order valence-electron chi connectivity index (χ0n) is 7.86. The number of nitrogens with zero attached hydrogens (tertiary/aromatic N) is 1. The second-order valence-corrected chi connectivity index (χ2v) is 3.90. The molecule has 0 aliphatic carbocycles. The Labute approximate surface area is 64.7 Å². The van der Waals surface area contributed by atoms with Crippen LogP contribution in [0.3, 0.4) is 0 Å². The number of rotatable bonds is 3. The summed E-state index contributed by atoms with van der Waals surface area (Å²) in [6, 6.07) is 0. The van der Waals surface area contributed by atoms with E-state index < -0.39 is 0 Å². The first-order valence-electron chi connectivity index (χ1n) is 3.67. The highest BCUT2D eigenvalue weighted by Gasteiger charge is 2.18. The molecule has 0 heterocycles. The van der Waals surface area contributed by atoms with Gasteiger partial charge in [-0.05, 0) is 26.4 Å². The van der Waals surface area contributed by atoms with Crippen LogP contribution >= 0.6 is 0 Å². The molecule has 0 amide bonds. The lowest BCUT2D eigenvalue weighted by Gasteiger charge is -2.28. The summed E-state index contributed by atoms with van der Waals surface area (Å²) in [7, 11) is 4.18. The van der Waals surface area contributed by atoms with Gasteiger partial charge in [0.15, 0.2) is 0 Å². The van der Waals surface area contributed by atoms with Crippen molar-refractivity contribution >= 4 is 0 Å². The highest BCUT2D eigenvalue weighted by molar-refractivity contribution is 5.03. The molecule has 0 aromatic rings. The summed E-state index contributed by atoms with van der Waals surface area (Å²) in [6.07, 6.45) is 0. The van der Waals surface area contributed by atoms with Crippen LogP contribution in [0.25, 0.3) is 0 Å². The van der Waals surface area contributed by atoms with Crippen LogP contribution in [0.2, 0.25) is 0 Å². The molecule has 0 N–H and O–H groups in total. The van der Waals surface area contributed by atoms with Gasteiger partial charge in [-0.2, -0.15) is 0 Å². The lowest BCUT2D eigenvalue weighted by Crippen LogP contribution is -2.29. The Bertz CT molecular complexity index is 123. The molecule has 0 aromatic carbocycles. The quantitative estimate of drug-likeness (QED) is 0.544. The molecule has 0 aliphatic heterocycles. The summed E-state index contributed by atoms with van der Waals surface area (Å²) in [5, 5.41) is 0. The molecule has 0 fully saturated rings. The maximum absolute atomic E-state index is 3.95. The third-order valence-corrected chi connectivity index (χ3v) is 1.87. The van der Waals surface area contributed by atoms with Crippen LogP contribution in [0.5, 0.6) is 0 Å². The van der Waals surface area contributed by atoms with Crippen molar-refractivity contribution < 1.29 is 0 Å². The molecule has 1 heteroatoms. The van der Waals surface area contributed by atoms with E-state index in [9.17, 15) is 0 Å². The monoisotopic (exact) mass is 141 g/mol. The molecule has 0 radical (unpaired) electrons. The molecule has 0 unspecified atom stereocenters. The molecule has 0 saturated carbocycles. The molecule has 0 aliphatic rings. The second kappa shape index (κ2) is 3.20. The molecule has 0 spiro atoms. The van der Waals surface area contributed by atoms with E-state index in [0.29, 0.717) is 0 Å². The van der Waals surface area contributed by atoms with E-state index in [1.165, 1.54) is 5.57 Å². The molecule has 0 bridgehead atoms. The predicted molar refractivity (Wildman–Crippen MR) is 47.1 cm³/mol. The van der Waals surface area contributed by atoms with Gasteiger partial charge >= 0.3 is 0 Å². The first-order valence-corrected chi connectivity index (χ1v) is 3.67. The Hall–Kier alpha value is -0.300. The summed E-state index contributed by atoms with van der Waals surface area (Å²) < 4.78 is 0. The zero-order chi connectivity index (χ0) is 8.36. The van der Waals surface area contributed by atoms with Gasteiger partial charge in [0.05, 0.1) is 0 Å². The van der Waals surface area contributed by atoms with Crippen molar-refractivity contribution in [3.05, 3.63) is 12.2 Å². The SMILES string of the molecule is C=C(C)C(C)(C)CN(C)C. The van der Waals surface area contributed by atoms with Gasteiger partial charge in [-0.15, -0.1) is 0 Å². The summed E-state index contributed by atoms with van der Waals surface area (Å²) in [4.78, 5) is 2.19.